The molecule has 0 nitrogen and oxygen atoms in total. The Hall–Kier alpha value is -2.42. The van der Waals surface area contributed by atoms with Crippen LogP contribution in [0.25, 0.3) is 52.5 Å². The van der Waals surface area contributed by atoms with Gasteiger partial charge in [0.1, 0.15) is 0 Å². The highest BCUT2D eigenvalue weighted by Gasteiger charge is 2.11. The van der Waals surface area contributed by atoms with Crippen molar-refractivity contribution < 1.29 is 0 Å². The summed E-state index contributed by atoms with van der Waals surface area (Å²) in [6.07, 6.45) is 18.8. The van der Waals surface area contributed by atoms with Gasteiger partial charge in [-0.1, -0.05) is 102 Å². The minimum Gasteiger partial charge on any atom is -0.140 e. The molecular weight excluding hydrogens is 521 g/mol. The van der Waals surface area contributed by atoms with Crippen molar-refractivity contribution >= 4 is 75.2 Å². The highest BCUT2D eigenvalue weighted by molar-refractivity contribution is 7.19. The van der Waals surface area contributed by atoms with Gasteiger partial charge in [0, 0.05) is 19.2 Å². The molecule has 6 rings (SSSR count). The number of benzene rings is 4. The van der Waals surface area contributed by atoms with Crippen LogP contribution in [-0.2, 0) is 12.8 Å². The first-order valence-corrected chi connectivity index (χ1v) is 17.6. The largest absolute Gasteiger partial charge is 0.140 e. The molecule has 0 amide bonds. The van der Waals surface area contributed by atoms with Crippen molar-refractivity contribution in [2.75, 3.05) is 0 Å². The van der Waals surface area contributed by atoms with Gasteiger partial charge >= 0.3 is 0 Å². The summed E-state index contributed by atoms with van der Waals surface area (Å²) in [5.74, 6) is 0. The van der Waals surface area contributed by atoms with Gasteiger partial charge in [0.15, 0.2) is 0 Å². The quantitative estimate of drug-likeness (QED) is 0.0911. The summed E-state index contributed by atoms with van der Waals surface area (Å²) in [5, 5.41) is 11.1. The van der Waals surface area contributed by atoms with Gasteiger partial charge in [0.25, 0.3) is 0 Å². The molecule has 0 saturated carbocycles. The van der Waals surface area contributed by atoms with Crippen LogP contribution < -0.4 is 0 Å². The van der Waals surface area contributed by atoms with Crippen molar-refractivity contribution in [1.29, 1.82) is 0 Å². The summed E-state index contributed by atoms with van der Waals surface area (Å²) >= 11 is 4.01. The Labute approximate surface area is 248 Å². The molecule has 0 spiro atoms. The molecule has 4 aromatic carbocycles. The molecule has 208 valence electrons. The van der Waals surface area contributed by atoms with E-state index in [1.165, 1.54) is 142 Å². The topological polar surface area (TPSA) is 0 Å². The van der Waals surface area contributed by atoms with Gasteiger partial charge in [0.05, 0.1) is 0 Å². The van der Waals surface area contributed by atoms with E-state index in [0.29, 0.717) is 0 Å². The highest BCUT2D eigenvalue weighted by Crippen LogP contribution is 2.38. The van der Waals surface area contributed by atoms with E-state index in [1.54, 1.807) is 9.75 Å². The van der Waals surface area contributed by atoms with E-state index in [-0.39, 0.29) is 0 Å². The minimum absolute atomic E-state index is 1.23. The summed E-state index contributed by atoms with van der Waals surface area (Å²) < 4.78 is 2.87. The lowest BCUT2D eigenvalue weighted by Crippen LogP contribution is -1.82. The summed E-state index contributed by atoms with van der Waals surface area (Å²) in [6.45, 7) is 4.59. The SMILES string of the molecule is CCCCCCCCc1cc2cc3c(ccc4c5cc6cc(CCCCCCCC)sc6cc5ccc34)cc2s1. The second-order valence-corrected chi connectivity index (χ2v) is 14.2. The van der Waals surface area contributed by atoms with Crippen molar-refractivity contribution in [3.8, 4) is 0 Å². The van der Waals surface area contributed by atoms with Gasteiger partial charge in [-0.25, -0.2) is 0 Å². The first kappa shape index (κ1) is 27.7. The zero-order valence-corrected chi connectivity index (χ0v) is 26.1. The first-order valence-electron chi connectivity index (χ1n) is 16.0. The normalized spacial score (nSPS) is 12.2. The Balaban J connectivity index is 1.25. The lowest BCUT2D eigenvalue weighted by Gasteiger charge is -2.08. The Bertz CT molecular complexity index is 1600. The van der Waals surface area contributed by atoms with Gasteiger partial charge < -0.3 is 0 Å². The first-order chi connectivity index (χ1) is 19.7. The fourth-order valence-electron chi connectivity index (χ4n) is 6.46. The van der Waals surface area contributed by atoms with Crippen LogP contribution >= 0.6 is 22.7 Å². The van der Waals surface area contributed by atoms with E-state index in [0.717, 1.165) is 0 Å². The lowest BCUT2D eigenvalue weighted by atomic mass is 9.96. The van der Waals surface area contributed by atoms with Gasteiger partial charge in [-0.3, -0.25) is 0 Å². The molecule has 0 radical (unpaired) electrons. The molecule has 0 aliphatic rings. The Kier molecular flexibility index (Phi) is 9.05. The molecule has 0 aliphatic heterocycles. The summed E-state index contributed by atoms with van der Waals surface area (Å²) in [5.41, 5.74) is 0. The third-order valence-corrected chi connectivity index (χ3v) is 11.1. The molecule has 2 heteroatoms. The smallest absolute Gasteiger partial charge is 0.0352 e. The average Bonchev–Trinajstić information content (AvgIpc) is 3.56. The van der Waals surface area contributed by atoms with Crippen LogP contribution in [-0.4, -0.2) is 0 Å². The van der Waals surface area contributed by atoms with E-state index in [4.69, 9.17) is 0 Å². The molecule has 0 saturated heterocycles. The second kappa shape index (κ2) is 13.0. The van der Waals surface area contributed by atoms with Crippen molar-refractivity contribution in [2.45, 2.75) is 104 Å². The second-order valence-electron chi connectivity index (χ2n) is 11.9. The number of unbranched alkanes of at least 4 members (excludes halogenated alkanes) is 10. The molecular formula is C38H44S2. The summed E-state index contributed by atoms with van der Waals surface area (Å²) in [7, 11) is 0. The summed E-state index contributed by atoms with van der Waals surface area (Å²) in [6, 6.07) is 24.1. The fraction of sp³-hybridized carbons (Fsp3) is 0.421. The van der Waals surface area contributed by atoms with Crippen LogP contribution in [0, 0.1) is 0 Å². The monoisotopic (exact) mass is 564 g/mol. The third kappa shape index (κ3) is 6.09. The lowest BCUT2D eigenvalue weighted by molar-refractivity contribution is 0.609. The van der Waals surface area contributed by atoms with Crippen LogP contribution in [0.5, 0.6) is 0 Å². The third-order valence-electron chi connectivity index (χ3n) is 8.76. The number of fused-ring (bicyclic) bond motifs is 7. The Morgan fingerprint density at radius 1 is 0.400 bits per heavy atom. The maximum atomic E-state index is 2.46. The minimum atomic E-state index is 1.23. The van der Waals surface area contributed by atoms with Gasteiger partial charge in [0.2, 0.25) is 0 Å². The van der Waals surface area contributed by atoms with Gasteiger partial charge in [-0.05, 0) is 105 Å². The maximum absolute atomic E-state index is 2.46. The van der Waals surface area contributed by atoms with E-state index in [1.807, 2.05) is 22.7 Å². The van der Waals surface area contributed by atoms with Crippen LogP contribution in [0.1, 0.15) is 101 Å². The highest BCUT2D eigenvalue weighted by atomic mass is 32.1. The average molecular weight is 565 g/mol. The number of hydrogen-bond donors (Lipinski definition) is 0. The predicted molar refractivity (Wildman–Crippen MR) is 184 cm³/mol. The van der Waals surface area contributed by atoms with Crippen LogP contribution in [0.15, 0.2) is 60.7 Å². The molecule has 2 heterocycles. The number of aryl methyl sites for hydroxylation is 2. The van der Waals surface area contributed by atoms with Crippen molar-refractivity contribution in [3.63, 3.8) is 0 Å². The molecule has 0 aliphatic carbocycles. The van der Waals surface area contributed by atoms with Gasteiger partial charge in [-0.2, -0.15) is 0 Å². The van der Waals surface area contributed by atoms with E-state index in [2.05, 4.69) is 74.5 Å². The number of rotatable bonds is 14. The van der Waals surface area contributed by atoms with Crippen molar-refractivity contribution in [1.82, 2.24) is 0 Å². The molecule has 2 aromatic heterocycles. The number of thiophene rings is 2. The van der Waals surface area contributed by atoms with Crippen molar-refractivity contribution in [2.24, 2.45) is 0 Å². The molecule has 40 heavy (non-hydrogen) atoms. The summed E-state index contributed by atoms with van der Waals surface area (Å²) in [4.78, 5) is 3.10. The molecule has 0 bridgehead atoms. The van der Waals surface area contributed by atoms with E-state index >= 15 is 0 Å². The maximum Gasteiger partial charge on any atom is 0.0352 e. The zero-order chi connectivity index (χ0) is 27.3. The van der Waals surface area contributed by atoms with Gasteiger partial charge in [-0.15, -0.1) is 22.7 Å². The predicted octanol–water partition coefficient (Wildman–Crippen LogP) is 13.4. The van der Waals surface area contributed by atoms with E-state index < -0.39 is 0 Å². The van der Waals surface area contributed by atoms with Crippen LogP contribution in [0.3, 0.4) is 0 Å². The molecule has 0 N–H and O–H groups in total. The Morgan fingerprint density at radius 3 is 1.27 bits per heavy atom. The zero-order valence-electron chi connectivity index (χ0n) is 24.5. The molecule has 0 unspecified atom stereocenters. The van der Waals surface area contributed by atoms with E-state index in [9.17, 15) is 0 Å². The Morgan fingerprint density at radius 2 is 0.825 bits per heavy atom. The van der Waals surface area contributed by atoms with Crippen molar-refractivity contribution in [3.05, 3.63) is 70.4 Å². The number of hydrogen-bond acceptors (Lipinski definition) is 2. The molecule has 6 aromatic rings. The standard InChI is InChI=1S/C38H44S2/c1-3-5-7-9-11-13-15-31-21-29-23-35-27(25-37(29)39-31)17-19-34-33(35)20-18-28-26-38-30(24-36(28)34)22-32(40-38)16-14-12-10-8-6-4-2/h17-26H,3-16H2,1-2H3. The molecule has 0 fully saturated rings. The molecule has 0 atom stereocenters. The fourth-order valence-corrected chi connectivity index (χ4v) is 8.73. The van der Waals surface area contributed by atoms with Crippen LogP contribution in [0.4, 0.5) is 0 Å². The van der Waals surface area contributed by atoms with Crippen LogP contribution in [0.2, 0.25) is 0 Å².